The summed E-state index contributed by atoms with van der Waals surface area (Å²) in [5.41, 5.74) is 0.455. The molecule has 1 aromatic heterocycles. The summed E-state index contributed by atoms with van der Waals surface area (Å²) in [5.74, 6) is 0.00519. The number of nitrogens with zero attached hydrogens (tertiary/aromatic N) is 2. The molecule has 56 valence electrons. The van der Waals surface area contributed by atoms with Crippen molar-refractivity contribution in [2.45, 2.75) is 6.92 Å². The van der Waals surface area contributed by atoms with Crippen LogP contribution in [0.4, 0.5) is 0 Å². The van der Waals surface area contributed by atoms with Crippen LogP contribution >= 0.6 is 0 Å². The molecule has 3 heteroatoms. The second-order valence-electron chi connectivity index (χ2n) is 2.18. The molecule has 0 radical (unpaired) electrons. The number of hydrogen-bond acceptors (Lipinski definition) is 3. The summed E-state index contributed by atoms with van der Waals surface area (Å²) in [6.07, 6.45) is 3.06. The monoisotopic (exact) mass is 148 g/mol. The molecule has 1 aromatic rings. The Morgan fingerprint density at radius 2 is 2.00 bits per heavy atom. The minimum Gasteiger partial charge on any atom is -0.285 e. The lowest BCUT2D eigenvalue weighted by Gasteiger charge is -1.94. The predicted molar refractivity (Wildman–Crippen MR) is 41.2 cm³/mol. The lowest BCUT2D eigenvalue weighted by atomic mass is 10.2. The Morgan fingerprint density at radius 3 is 2.45 bits per heavy atom. The molecule has 11 heavy (non-hydrogen) atoms. The number of rotatable bonds is 2. The van der Waals surface area contributed by atoms with Crippen molar-refractivity contribution in [1.82, 2.24) is 9.97 Å². The molecule has 0 bridgehead atoms. The number of ketones is 1. The van der Waals surface area contributed by atoms with Crippen LogP contribution in [-0.4, -0.2) is 15.8 Å². The van der Waals surface area contributed by atoms with Crippen molar-refractivity contribution in [2.75, 3.05) is 0 Å². The highest BCUT2D eigenvalue weighted by atomic mass is 16.1. The van der Waals surface area contributed by atoms with Crippen molar-refractivity contribution in [3.63, 3.8) is 0 Å². The summed E-state index contributed by atoms with van der Waals surface area (Å²) in [5, 5.41) is 0. The van der Waals surface area contributed by atoms with Crippen LogP contribution in [0.5, 0.6) is 0 Å². The minimum absolute atomic E-state index is 0.203. The largest absolute Gasteiger partial charge is 0.285 e. The first kappa shape index (κ1) is 7.60. The van der Waals surface area contributed by atoms with E-state index in [1.54, 1.807) is 13.0 Å². The quantitative estimate of drug-likeness (QED) is 0.468. The molecular weight excluding hydrogens is 140 g/mol. The Hall–Kier alpha value is -1.51. The summed E-state index contributed by atoms with van der Waals surface area (Å²) in [7, 11) is 0. The topological polar surface area (TPSA) is 42.9 Å². The molecule has 0 unspecified atom stereocenters. The number of carbonyl (C=O) groups excluding carboxylic acids is 1. The summed E-state index contributed by atoms with van der Waals surface area (Å²) in [6.45, 7) is 5.14. The van der Waals surface area contributed by atoms with Gasteiger partial charge in [-0.05, 0) is 18.6 Å². The van der Waals surface area contributed by atoms with Crippen LogP contribution in [0.25, 0.3) is 0 Å². The van der Waals surface area contributed by atoms with Gasteiger partial charge in [-0.25, -0.2) is 9.97 Å². The molecule has 0 amide bonds. The van der Waals surface area contributed by atoms with E-state index in [0.29, 0.717) is 5.57 Å². The smallest absolute Gasteiger partial charge is 0.225 e. The molecule has 0 saturated heterocycles. The van der Waals surface area contributed by atoms with Gasteiger partial charge in [-0.1, -0.05) is 6.58 Å². The van der Waals surface area contributed by atoms with Crippen molar-refractivity contribution >= 4 is 5.78 Å². The van der Waals surface area contributed by atoms with Crippen molar-refractivity contribution < 1.29 is 4.79 Å². The van der Waals surface area contributed by atoms with Crippen molar-refractivity contribution in [3.05, 3.63) is 36.4 Å². The van der Waals surface area contributed by atoms with Gasteiger partial charge in [0.1, 0.15) is 0 Å². The van der Waals surface area contributed by atoms with Crippen LogP contribution in [0.2, 0.25) is 0 Å². The average Bonchev–Trinajstić information content (AvgIpc) is 2.05. The summed E-state index contributed by atoms with van der Waals surface area (Å²) in [4.78, 5) is 18.7. The normalized spacial score (nSPS) is 9.18. The van der Waals surface area contributed by atoms with E-state index in [-0.39, 0.29) is 11.6 Å². The first-order chi connectivity index (χ1) is 5.22. The van der Waals surface area contributed by atoms with Gasteiger partial charge in [-0.3, -0.25) is 4.79 Å². The Labute approximate surface area is 64.8 Å². The van der Waals surface area contributed by atoms with Crippen molar-refractivity contribution in [1.29, 1.82) is 0 Å². The number of allylic oxidation sites excluding steroid dienone is 1. The summed E-state index contributed by atoms with van der Waals surface area (Å²) >= 11 is 0. The third kappa shape index (κ3) is 1.70. The molecule has 0 aromatic carbocycles. The van der Waals surface area contributed by atoms with Gasteiger partial charge in [0.2, 0.25) is 11.6 Å². The van der Waals surface area contributed by atoms with E-state index < -0.39 is 0 Å². The van der Waals surface area contributed by atoms with E-state index in [2.05, 4.69) is 16.5 Å². The van der Waals surface area contributed by atoms with E-state index in [4.69, 9.17) is 0 Å². The van der Waals surface area contributed by atoms with E-state index in [1.807, 2.05) is 0 Å². The highest BCUT2D eigenvalue weighted by molar-refractivity contribution is 6.05. The lowest BCUT2D eigenvalue weighted by Crippen LogP contribution is -2.04. The van der Waals surface area contributed by atoms with Crippen LogP contribution in [0, 0.1) is 0 Å². The first-order valence-electron chi connectivity index (χ1n) is 3.19. The molecule has 0 saturated carbocycles. The van der Waals surface area contributed by atoms with Gasteiger partial charge in [0.15, 0.2) is 0 Å². The third-order valence-corrected chi connectivity index (χ3v) is 1.16. The number of aromatic nitrogens is 2. The van der Waals surface area contributed by atoms with Crippen LogP contribution in [0.3, 0.4) is 0 Å². The second kappa shape index (κ2) is 3.05. The highest BCUT2D eigenvalue weighted by Gasteiger charge is 2.07. The maximum absolute atomic E-state index is 11.1. The van der Waals surface area contributed by atoms with Gasteiger partial charge in [0, 0.05) is 12.4 Å². The van der Waals surface area contributed by atoms with Gasteiger partial charge < -0.3 is 0 Å². The van der Waals surface area contributed by atoms with E-state index in [0.717, 1.165) is 0 Å². The Balaban J connectivity index is 2.95. The SMILES string of the molecule is C=C(C)C(=O)c1ncccn1. The van der Waals surface area contributed by atoms with Gasteiger partial charge >= 0.3 is 0 Å². The van der Waals surface area contributed by atoms with Gasteiger partial charge in [0.25, 0.3) is 0 Å². The lowest BCUT2D eigenvalue weighted by molar-refractivity contribution is 0.102. The molecule has 0 aliphatic heterocycles. The van der Waals surface area contributed by atoms with Crippen LogP contribution in [0.1, 0.15) is 17.5 Å². The van der Waals surface area contributed by atoms with Gasteiger partial charge in [-0.2, -0.15) is 0 Å². The van der Waals surface area contributed by atoms with E-state index >= 15 is 0 Å². The number of hydrogen-bond donors (Lipinski definition) is 0. The molecule has 0 fully saturated rings. The molecule has 3 nitrogen and oxygen atoms in total. The Morgan fingerprint density at radius 1 is 1.45 bits per heavy atom. The van der Waals surface area contributed by atoms with Crippen molar-refractivity contribution in [3.8, 4) is 0 Å². The van der Waals surface area contributed by atoms with Crippen LogP contribution in [-0.2, 0) is 0 Å². The number of carbonyl (C=O) groups is 1. The van der Waals surface area contributed by atoms with Crippen molar-refractivity contribution in [2.24, 2.45) is 0 Å². The molecule has 0 aliphatic carbocycles. The molecule has 0 atom stereocenters. The fourth-order valence-electron chi connectivity index (χ4n) is 0.607. The zero-order valence-electron chi connectivity index (χ0n) is 6.24. The fraction of sp³-hybridized carbons (Fsp3) is 0.125. The molecule has 0 N–H and O–H groups in total. The third-order valence-electron chi connectivity index (χ3n) is 1.16. The Kier molecular flexibility index (Phi) is 2.11. The minimum atomic E-state index is -0.203. The summed E-state index contributed by atoms with van der Waals surface area (Å²) < 4.78 is 0. The van der Waals surface area contributed by atoms with Gasteiger partial charge in [0.05, 0.1) is 0 Å². The molecule has 1 rings (SSSR count). The molecule has 0 aliphatic rings. The molecule has 0 spiro atoms. The summed E-state index contributed by atoms with van der Waals surface area (Å²) in [6, 6.07) is 1.66. The predicted octanol–water partition coefficient (Wildman–Crippen LogP) is 1.24. The number of Topliss-reactive ketones (excluding diaryl/α,β-unsaturated/α-hetero) is 1. The standard InChI is InChI=1S/C8H8N2O/c1-6(2)7(11)8-9-4-3-5-10-8/h3-5H,1H2,2H3. The van der Waals surface area contributed by atoms with Gasteiger partial charge in [-0.15, -0.1) is 0 Å². The van der Waals surface area contributed by atoms with E-state index in [9.17, 15) is 4.79 Å². The van der Waals surface area contributed by atoms with Crippen LogP contribution in [0.15, 0.2) is 30.6 Å². The first-order valence-corrected chi connectivity index (χ1v) is 3.19. The average molecular weight is 148 g/mol. The molecular formula is C8H8N2O. The maximum atomic E-state index is 11.1. The molecule has 1 heterocycles. The van der Waals surface area contributed by atoms with Crippen LogP contribution < -0.4 is 0 Å². The zero-order chi connectivity index (χ0) is 8.27. The Bertz CT molecular complexity index is 279. The second-order valence-corrected chi connectivity index (χ2v) is 2.18. The zero-order valence-corrected chi connectivity index (χ0v) is 6.24. The maximum Gasteiger partial charge on any atom is 0.225 e. The van der Waals surface area contributed by atoms with E-state index in [1.165, 1.54) is 12.4 Å². The highest BCUT2D eigenvalue weighted by Crippen LogP contribution is 1.97. The fourth-order valence-corrected chi connectivity index (χ4v) is 0.607.